The maximum atomic E-state index is 13.6. The predicted molar refractivity (Wildman–Crippen MR) is 145 cm³/mol. The van der Waals surface area contributed by atoms with Crippen LogP contribution in [0.25, 0.3) is 11.0 Å². The number of nitrogens with zero attached hydrogens (tertiary/aromatic N) is 1. The van der Waals surface area contributed by atoms with Gasteiger partial charge in [-0.25, -0.2) is 18.1 Å². The second kappa shape index (κ2) is 10.5. The standard InChI is InChI=1S/C27H27ClN4O4S/c1-37(34,35)32-18-9-7-17(8-10-18)31-24-13-14-29-27-25(24)22(16-30-27)26(33)21-12-11-20(15-23(21)28)36-19-5-3-2-4-6-19/h2-6,11-18,32H,7-10H2,1H3,(H2,29,30,31). The van der Waals surface area contributed by atoms with Gasteiger partial charge < -0.3 is 15.0 Å². The zero-order valence-corrected chi connectivity index (χ0v) is 21.8. The van der Waals surface area contributed by atoms with E-state index >= 15 is 0 Å². The maximum absolute atomic E-state index is 13.6. The van der Waals surface area contributed by atoms with Crippen LogP contribution in [0, 0.1) is 0 Å². The van der Waals surface area contributed by atoms with Crippen molar-refractivity contribution < 1.29 is 17.9 Å². The molecule has 1 fully saturated rings. The highest BCUT2D eigenvalue weighted by atomic mass is 35.5. The molecule has 1 saturated carbocycles. The van der Waals surface area contributed by atoms with Gasteiger partial charge in [-0.05, 0) is 56.0 Å². The van der Waals surface area contributed by atoms with Crippen molar-refractivity contribution >= 4 is 44.1 Å². The number of hydrogen-bond donors (Lipinski definition) is 3. The third-order valence-electron chi connectivity index (χ3n) is 6.45. The summed E-state index contributed by atoms with van der Waals surface area (Å²) in [7, 11) is -3.22. The van der Waals surface area contributed by atoms with Crippen molar-refractivity contribution in [2.24, 2.45) is 0 Å². The van der Waals surface area contributed by atoms with Crippen LogP contribution in [0.5, 0.6) is 11.5 Å². The van der Waals surface area contributed by atoms with Crippen molar-refractivity contribution in [2.75, 3.05) is 11.6 Å². The van der Waals surface area contributed by atoms with Gasteiger partial charge in [0.05, 0.1) is 22.2 Å². The molecule has 0 saturated heterocycles. The van der Waals surface area contributed by atoms with E-state index in [1.807, 2.05) is 36.4 Å². The monoisotopic (exact) mass is 538 g/mol. The molecule has 2 aromatic heterocycles. The lowest BCUT2D eigenvalue weighted by Gasteiger charge is -2.30. The van der Waals surface area contributed by atoms with E-state index < -0.39 is 10.0 Å². The summed E-state index contributed by atoms with van der Waals surface area (Å²) in [6.45, 7) is 0. The van der Waals surface area contributed by atoms with Gasteiger partial charge in [-0.15, -0.1) is 0 Å². The van der Waals surface area contributed by atoms with Crippen LogP contribution in [-0.4, -0.2) is 42.5 Å². The smallest absolute Gasteiger partial charge is 0.208 e. The Bertz CT molecular complexity index is 1530. The highest BCUT2D eigenvalue weighted by molar-refractivity contribution is 7.88. The average Bonchev–Trinajstić information content (AvgIpc) is 3.30. The van der Waals surface area contributed by atoms with Gasteiger partial charge in [0.2, 0.25) is 10.0 Å². The molecule has 0 aliphatic heterocycles. The Labute approximate surface area is 220 Å². The number of ether oxygens (including phenoxy) is 1. The fourth-order valence-electron chi connectivity index (χ4n) is 4.75. The summed E-state index contributed by atoms with van der Waals surface area (Å²) in [6.07, 6.45) is 7.62. The van der Waals surface area contributed by atoms with Crippen molar-refractivity contribution in [2.45, 2.75) is 37.8 Å². The molecule has 0 unspecified atom stereocenters. The second-order valence-electron chi connectivity index (χ2n) is 9.25. The third kappa shape index (κ3) is 5.95. The zero-order valence-electron chi connectivity index (χ0n) is 20.2. The Morgan fingerprint density at radius 1 is 1.00 bits per heavy atom. The number of ketones is 1. The minimum Gasteiger partial charge on any atom is -0.457 e. The SMILES string of the molecule is CS(=O)(=O)NC1CCC(Nc2ccnc3[nH]cc(C(=O)c4ccc(Oc5ccccc5)cc4Cl)c23)CC1. The van der Waals surface area contributed by atoms with Crippen LogP contribution in [0.1, 0.15) is 41.6 Å². The first-order chi connectivity index (χ1) is 17.8. The molecular weight excluding hydrogens is 512 g/mol. The van der Waals surface area contributed by atoms with Gasteiger partial charge in [0, 0.05) is 41.8 Å². The minimum absolute atomic E-state index is 0.0501. The topological polar surface area (TPSA) is 113 Å². The summed E-state index contributed by atoms with van der Waals surface area (Å²) < 4.78 is 31.6. The zero-order chi connectivity index (χ0) is 26.0. The second-order valence-corrected chi connectivity index (χ2v) is 11.4. The number of anilines is 1. The Balaban J connectivity index is 1.35. The van der Waals surface area contributed by atoms with Crippen LogP contribution in [0.4, 0.5) is 5.69 Å². The Hall–Kier alpha value is -3.40. The molecule has 0 atom stereocenters. The van der Waals surface area contributed by atoms with E-state index in [0.29, 0.717) is 38.7 Å². The molecular formula is C27H27ClN4O4S. The van der Waals surface area contributed by atoms with Gasteiger partial charge in [0.1, 0.15) is 17.1 Å². The molecule has 8 nitrogen and oxygen atoms in total. The quantitative estimate of drug-likeness (QED) is 0.255. The number of fused-ring (bicyclic) bond motifs is 1. The molecule has 1 aliphatic rings. The van der Waals surface area contributed by atoms with Gasteiger partial charge in [-0.1, -0.05) is 29.8 Å². The van der Waals surface area contributed by atoms with Crippen molar-refractivity contribution in [3.8, 4) is 11.5 Å². The summed E-state index contributed by atoms with van der Waals surface area (Å²) in [6, 6.07) is 16.3. The van der Waals surface area contributed by atoms with E-state index in [9.17, 15) is 13.2 Å². The van der Waals surface area contributed by atoms with Crippen LogP contribution >= 0.6 is 11.6 Å². The number of H-pyrrole nitrogens is 1. The molecule has 5 rings (SSSR count). The summed E-state index contributed by atoms with van der Waals surface area (Å²) in [4.78, 5) is 21.1. The Morgan fingerprint density at radius 2 is 1.73 bits per heavy atom. The summed E-state index contributed by atoms with van der Waals surface area (Å²) in [5.74, 6) is 0.994. The minimum atomic E-state index is -3.22. The first-order valence-electron chi connectivity index (χ1n) is 12.0. The number of carbonyl (C=O) groups is 1. The maximum Gasteiger partial charge on any atom is 0.208 e. The van der Waals surface area contributed by atoms with Crippen LogP contribution < -0.4 is 14.8 Å². The highest BCUT2D eigenvalue weighted by Crippen LogP contribution is 2.33. The number of aromatic nitrogens is 2. The molecule has 10 heteroatoms. The highest BCUT2D eigenvalue weighted by Gasteiger charge is 2.25. The molecule has 0 bridgehead atoms. The number of aromatic amines is 1. The van der Waals surface area contributed by atoms with Crippen LogP contribution in [0.15, 0.2) is 67.0 Å². The molecule has 0 amide bonds. The number of halogens is 1. The Kier molecular flexibility index (Phi) is 7.19. The first kappa shape index (κ1) is 25.3. The molecule has 37 heavy (non-hydrogen) atoms. The van der Waals surface area contributed by atoms with Crippen molar-refractivity contribution in [3.05, 3.63) is 83.1 Å². The molecule has 3 N–H and O–H groups in total. The van der Waals surface area contributed by atoms with E-state index in [4.69, 9.17) is 16.3 Å². The number of carbonyl (C=O) groups excluding carboxylic acids is 1. The van der Waals surface area contributed by atoms with Crippen LogP contribution in [0.2, 0.25) is 5.02 Å². The molecule has 0 radical (unpaired) electrons. The van der Waals surface area contributed by atoms with E-state index in [-0.39, 0.29) is 17.9 Å². The molecule has 1 aliphatic carbocycles. The number of pyridine rings is 1. The predicted octanol–water partition coefficient (Wildman–Crippen LogP) is 5.51. The van der Waals surface area contributed by atoms with E-state index in [0.717, 1.165) is 31.4 Å². The van der Waals surface area contributed by atoms with Gasteiger partial charge >= 0.3 is 0 Å². The first-order valence-corrected chi connectivity index (χ1v) is 14.3. The van der Waals surface area contributed by atoms with Gasteiger partial charge in [0.15, 0.2) is 5.78 Å². The third-order valence-corrected chi connectivity index (χ3v) is 7.52. The van der Waals surface area contributed by atoms with Gasteiger partial charge in [0.25, 0.3) is 0 Å². The van der Waals surface area contributed by atoms with E-state index in [1.54, 1.807) is 30.6 Å². The fourth-order valence-corrected chi connectivity index (χ4v) is 5.84. The van der Waals surface area contributed by atoms with E-state index in [2.05, 4.69) is 20.0 Å². The number of nitrogens with one attached hydrogen (secondary N) is 3. The molecule has 0 spiro atoms. The lowest BCUT2D eigenvalue weighted by Crippen LogP contribution is -2.39. The van der Waals surface area contributed by atoms with Crippen molar-refractivity contribution in [3.63, 3.8) is 0 Å². The Morgan fingerprint density at radius 3 is 2.43 bits per heavy atom. The number of rotatable bonds is 8. The van der Waals surface area contributed by atoms with Gasteiger partial charge in [-0.3, -0.25) is 4.79 Å². The van der Waals surface area contributed by atoms with E-state index in [1.165, 1.54) is 6.26 Å². The summed E-state index contributed by atoms with van der Waals surface area (Å²) in [5, 5.41) is 4.54. The van der Waals surface area contributed by atoms with Crippen molar-refractivity contribution in [1.82, 2.24) is 14.7 Å². The van der Waals surface area contributed by atoms with Gasteiger partial charge in [-0.2, -0.15) is 0 Å². The van der Waals surface area contributed by atoms with Crippen molar-refractivity contribution in [1.29, 1.82) is 0 Å². The van der Waals surface area contributed by atoms with Crippen LogP contribution in [-0.2, 0) is 10.0 Å². The summed E-state index contributed by atoms with van der Waals surface area (Å²) >= 11 is 6.52. The number of sulfonamides is 1. The lowest BCUT2D eigenvalue weighted by molar-refractivity contribution is 0.104. The molecule has 4 aromatic rings. The largest absolute Gasteiger partial charge is 0.457 e. The number of para-hydroxylation sites is 1. The lowest BCUT2D eigenvalue weighted by atomic mass is 9.91. The number of benzene rings is 2. The molecule has 2 heterocycles. The van der Waals surface area contributed by atoms with Crippen LogP contribution in [0.3, 0.4) is 0 Å². The number of hydrogen-bond acceptors (Lipinski definition) is 6. The normalized spacial score (nSPS) is 18.0. The fraction of sp³-hybridized carbons (Fsp3) is 0.259. The average molecular weight is 539 g/mol. The molecule has 192 valence electrons. The molecule has 2 aromatic carbocycles. The summed E-state index contributed by atoms with van der Waals surface area (Å²) in [5.41, 5.74) is 2.23.